The molecule has 0 atom stereocenters. The Labute approximate surface area is 188 Å². The maximum Gasteiger partial charge on any atom is 0.191 e. The summed E-state index contributed by atoms with van der Waals surface area (Å²) in [4.78, 5) is 4.59. The van der Waals surface area contributed by atoms with E-state index in [4.69, 9.17) is 25.8 Å². The summed E-state index contributed by atoms with van der Waals surface area (Å²) in [6, 6.07) is 13.2. The standard InChI is InChI=1S/C20H26ClN3O3.HI/c1-4-22-20(23-11-12-27-17-8-6-5-7-16(17)21)24-14-15-9-10-18(25-2)19(13-15)26-3;/h5-10,13H,4,11-12,14H2,1-3H3,(H2,22,23,24);1H. The fraction of sp³-hybridized carbons (Fsp3) is 0.350. The average Bonchev–Trinajstić information content (AvgIpc) is 2.70. The number of ether oxygens (including phenoxy) is 3. The van der Waals surface area contributed by atoms with E-state index in [0.717, 1.165) is 18.1 Å². The van der Waals surface area contributed by atoms with Crippen molar-refractivity contribution in [2.75, 3.05) is 33.9 Å². The lowest BCUT2D eigenvalue weighted by atomic mass is 10.2. The Balaban J connectivity index is 0.00000392. The molecule has 0 saturated carbocycles. The van der Waals surface area contributed by atoms with Gasteiger partial charge in [-0.15, -0.1) is 24.0 Å². The number of hydrogen-bond acceptors (Lipinski definition) is 4. The van der Waals surface area contributed by atoms with E-state index in [9.17, 15) is 0 Å². The highest BCUT2D eigenvalue weighted by atomic mass is 127. The van der Waals surface area contributed by atoms with Gasteiger partial charge in [-0.25, -0.2) is 4.99 Å². The summed E-state index contributed by atoms with van der Waals surface area (Å²) in [6.07, 6.45) is 0. The van der Waals surface area contributed by atoms with Crippen LogP contribution in [-0.2, 0) is 6.54 Å². The second-order valence-corrected chi connectivity index (χ2v) is 6.00. The Morgan fingerprint density at radius 2 is 1.75 bits per heavy atom. The van der Waals surface area contributed by atoms with Crippen molar-refractivity contribution >= 4 is 41.5 Å². The Hall–Kier alpha value is -1.87. The average molecular weight is 520 g/mol. The molecule has 0 aliphatic rings. The molecule has 0 aromatic heterocycles. The maximum absolute atomic E-state index is 6.08. The molecule has 0 radical (unpaired) electrons. The summed E-state index contributed by atoms with van der Waals surface area (Å²) in [7, 11) is 3.24. The van der Waals surface area contributed by atoms with Gasteiger partial charge in [0.1, 0.15) is 12.4 Å². The third kappa shape index (κ3) is 7.63. The fourth-order valence-corrected chi connectivity index (χ4v) is 2.57. The number of para-hydroxylation sites is 1. The molecular weight excluding hydrogens is 493 g/mol. The van der Waals surface area contributed by atoms with E-state index in [1.54, 1.807) is 20.3 Å². The lowest BCUT2D eigenvalue weighted by Gasteiger charge is -2.13. The number of nitrogens with one attached hydrogen (secondary N) is 2. The molecule has 0 spiro atoms. The number of halogens is 2. The lowest BCUT2D eigenvalue weighted by Crippen LogP contribution is -2.39. The molecule has 0 saturated heterocycles. The van der Waals surface area contributed by atoms with Crippen LogP contribution in [0.25, 0.3) is 0 Å². The highest BCUT2D eigenvalue weighted by molar-refractivity contribution is 14.0. The minimum Gasteiger partial charge on any atom is -0.493 e. The predicted octanol–water partition coefficient (Wildman–Crippen LogP) is 4.11. The van der Waals surface area contributed by atoms with Crippen molar-refractivity contribution in [1.29, 1.82) is 0 Å². The smallest absolute Gasteiger partial charge is 0.191 e. The zero-order valence-corrected chi connectivity index (χ0v) is 19.4. The van der Waals surface area contributed by atoms with Crippen LogP contribution < -0.4 is 24.8 Å². The fourth-order valence-electron chi connectivity index (χ4n) is 2.38. The van der Waals surface area contributed by atoms with Gasteiger partial charge in [0.25, 0.3) is 0 Å². The largest absolute Gasteiger partial charge is 0.493 e. The molecule has 2 aromatic carbocycles. The first-order chi connectivity index (χ1) is 13.2. The molecule has 2 aromatic rings. The van der Waals surface area contributed by atoms with E-state index in [2.05, 4.69) is 15.6 Å². The van der Waals surface area contributed by atoms with Gasteiger partial charge in [-0.2, -0.15) is 0 Å². The highest BCUT2D eigenvalue weighted by Gasteiger charge is 2.05. The van der Waals surface area contributed by atoms with Gasteiger partial charge in [-0.3, -0.25) is 0 Å². The molecular formula is C20H27ClIN3O3. The number of hydrogen-bond donors (Lipinski definition) is 2. The van der Waals surface area contributed by atoms with Crippen LogP contribution in [0.15, 0.2) is 47.5 Å². The van der Waals surface area contributed by atoms with Gasteiger partial charge in [-0.1, -0.05) is 29.8 Å². The van der Waals surface area contributed by atoms with Crippen LogP contribution in [0, 0.1) is 0 Å². The van der Waals surface area contributed by atoms with Crippen molar-refractivity contribution in [3.05, 3.63) is 53.1 Å². The van der Waals surface area contributed by atoms with E-state index in [0.29, 0.717) is 42.0 Å². The molecule has 154 valence electrons. The number of methoxy groups -OCH3 is 2. The van der Waals surface area contributed by atoms with Gasteiger partial charge in [0.2, 0.25) is 0 Å². The van der Waals surface area contributed by atoms with Crippen LogP contribution in [-0.4, -0.2) is 39.9 Å². The molecule has 0 fully saturated rings. The number of benzene rings is 2. The zero-order valence-electron chi connectivity index (χ0n) is 16.3. The van der Waals surface area contributed by atoms with Gasteiger partial charge in [0.15, 0.2) is 17.5 Å². The van der Waals surface area contributed by atoms with Crippen LogP contribution in [0.3, 0.4) is 0 Å². The van der Waals surface area contributed by atoms with Crippen LogP contribution in [0.5, 0.6) is 17.2 Å². The number of rotatable bonds is 9. The molecule has 0 aliphatic heterocycles. The molecule has 6 nitrogen and oxygen atoms in total. The molecule has 0 bridgehead atoms. The Bertz CT molecular complexity index is 759. The summed E-state index contributed by atoms with van der Waals surface area (Å²) in [5, 5.41) is 7.07. The first-order valence-electron chi connectivity index (χ1n) is 8.78. The number of guanidine groups is 1. The molecule has 28 heavy (non-hydrogen) atoms. The molecule has 2 rings (SSSR count). The van der Waals surface area contributed by atoms with Crippen molar-refractivity contribution < 1.29 is 14.2 Å². The predicted molar refractivity (Wildman–Crippen MR) is 125 cm³/mol. The molecule has 0 amide bonds. The zero-order chi connectivity index (χ0) is 19.5. The number of nitrogens with zero attached hydrogens (tertiary/aromatic N) is 1. The van der Waals surface area contributed by atoms with Gasteiger partial charge < -0.3 is 24.8 Å². The van der Waals surface area contributed by atoms with E-state index < -0.39 is 0 Å². The lowest BCUT2D eigenvalue weighted by molar-refractivity contribution is 0.322. The van der Waals surface area contributed by atoms with Gasteiger partial charge in [-0.05, 0) is 36.8 Å². The molecule has 0 unspecified atom stereocenters. The van der Waals surface area contributed by atoms with E-state index >= 15 is 0 Å². The van der Waals surface area contributed by atoms with Crippen molar-refractivity contribution in [2.24, 2.45) is 4.99 Å². The first kappa shape index (κ1) is 24.2. The SMILES string of the molecule is CCNC(=NCc1ccc(OC)c(OC)c1)NCCOc1ccccc1Cl.I. The van der Waals surface area contributed by atoms with E-state index in [-0.39, 0.29) is 24.0 Å². The molecule has 0 aliphatic carbocycles. The van der Waals surface area contributed by atoms with Crippen molar-refractivity contribution in [3.8, 4) is 17.2 Å². The van der Waals surface area contributed by atoms with E-state index in [1.165, 1.54) is 0 Å². The quantitative estimate of drug-likeness (QED) is 0.226. The van der Waals surface area contributed by atoms with Gasteiger partial charge in [0.05, 0.1) is 32.3 Å². The van der Waals surface area contributed by atoms with Crippen LogP contribution in [0.2, 0.25) is 5.02 Å². The molecule has 2 N–H and O–H groups in total. The van der Waals surface area contributed by atoms with Crippen molar-refractivity contribution in [2.45, 2.75) is 13.5 Å². The Morgan fingerprint density at radius 3 is 2.43 bits per heavy atom. The summed E-state index contributed by atoms with van der Waals surface area (Å²) in [5.74, 6) is 2.78. The summed E-state index contributed by atoms with van der Waals surface area (Å²) in [6.45, 7) is 4.38. The first-order valence-corrected chi connectivity index (χ1v) is 9.16. The maximum atomic E-state index is 6.08. The second kappa shape index (κ2) is 13.3. The van der Waals surface area contributed by atoms with Crippen LogP contribution in [0.1, 0.15) is 12.5 Å². The van der Waals surface area contributed by atoms with E-state index in [1.807, 2.05) is 43.3 Å². The minimum atomic E-state index is 0. The molecule has 8 heteroatoms. The number of aliphatic imine (C=N–C) groups is 1. The van der Waals surface area contributed by atoms with Crippen molar-refractivity contribution in [1.82, 2.24) is 10.6 Å². The third-order valence-corrected chi connectivity index (χ3v) is 4.01. The normalized spacial score (nSPS) is 10.6. The summed E-state index contributed by atoms with van der Waals surface area (Å²) in [5.41, 5.74) is 1.03. The summed E-state index contributed by atoms with van der Waals surface area (Å²) >= 11 is 6.08. The molecule has 0 heterocycles. The highest BCUT2D eigenvalue weighted by Crippen LogP contribution is 2.27. The monoisotopic (exact) mass is 519 g/mol. The van der Waals surface area contributed by atoms with Gasteiger partial charge in [0, 0.05) is 6.54 Å². The van der Waals surface area contributed by atoms with Crippen LogP contribution in [0.4, 0.5) is 0 Å². The Morgan fingerprint density at radius 1 is 1.00 bits per heavy atom. The van der Waals surface area contributed by atoms with Crippen LogP contribution >= 0.6 is 35.6 Å². The third-order valence-electron chi connectivity index (χ3n) is 3.70. The topological polar surface area (TPSA) is 64.1 Å². The van der Waals surface area contributed by atoms with Gasteiger partial charge >= 0.3 is 0 Å². The summed E-state index contributed by atoms with van der Waals surface area (Å²) < 4.78 is 16.3. The second-order valence-electron chi connectivity index (χ2n) is 5.59. The Kier molecular flexibility index (Phi) is 11.5. The minimum absolute atomic E-state index is 0. The van der Waals surface area contributed by atoms with Crippen molar-refractivity contribution in [3.63, 3.8) is 0 Å².